The molecule has 1 aromatic heterocycles. The van der Waals surface area contributed by atoms with E-state index in [4.69, 9.17) is 5.73 Å². The van der Waals surface area contributed by atoms with Gasteiger partial charge in [0.15, 0.2) is 0 Å². The molecule has 0 fully saturated rings. The molecular formula is C6H10ClN3. The molecule has 2 N–H and O–H groups in total. The third kappa shape index (κ3) is 2.29. The van der Waals surface area contributed by atoms with Gasteiger partial charge in [-0.25, -0.2) is 9.97 Å². The van der Waals surface area contributed by atoms with Crippen LogP contribution in [-0.4, -0.2) is 9.97 Å². The predicted molar refractivity (Wildman–Crippen MR) is 41.9 cm³/mol. The molecule has 0 aliphatic carbocycles. The second-order valence-corrected chi connectivity index (χ2v) is 1.84. The normalized spacial score (nSPS) is 8.60. The molecule has 0 atom stereocenters. The lowest BCUT2D eigenvalue weighted by molar-refractivity contribution is 0.969. The highest BCUT2D eigenvalue weighted by Crippen LogP contribution is 1.91. The maximum absolute atomic E-state index is 5.32. The van der Waals surface area contributed by atoms with E-state index in [2.05, 4.69) is 9.97 Å². The van der Waals surface area contributed by atoms with Gasteiger partial charge in [0.2, 0.25) is 0 Å². The third-order valence-electron chi connectivity index (χ3n) is 1.07. The summed E-state index contributed by atoms with van der Waals surface area (Å²) in [5.41, 5.74) is 6.29. The highest BCUT2D eigenvalue weighted by molar-refractivity contribution is 5.85. The van der Waals surface area contributed by atoms with Crippen LogP contribution < -0.4 is 5.73 Å². The van der Waals surface area contributed by atoms with Crippen LogP contribution in [0.5, 0.6) is 0 Å². The van der Waals surface area contributed by atoms with Crippen molar-refractivity contribution in [3.05, 3.63) is 23.8 Å². The van der Waals surface area contributed by atoms with Crippen LogP contribution in [0.1, 0.15) is 11.4 Å². The van der Waals surface area contributed by atoms with E-state index in [1.807, 2.05) is 6.92 Å². The summed E-state index contributed by atoms with van der Waals surface area (Å²) in [4.78, 5) is 7.92. The molecule has 0 radical (unpaired) electrons. The first-order valence-corrected chi connectivity index (χ1v) is 2.80. The third-order valence-corrected chi connectivity index (χ3v) is 1.07. The van der Waals surface area contributed by atoms with E-state index in [-0.39, 0.29) is 12.4 Å². The molecule has 0 saturated heterocycles. The Balaban J connectivity index is 0.000000810. The summed E-state index contributed by atoms with van der Waals surface area (Å²) in [6.07, 6.45) is 3.48. The predicted octanol–water partition coefficient (Wildman–Crippen LogP) is 0.666. The molecule has 0 aliphatic heterocycles. The van der Waals surface area contributed by atoms with E-state index < -0.39 is 0 Å². The summed E-state index contributed by atoms with van der Waals surface area (Å²) < 4.78 is 0. The van der Waals surface area contributed by atoms with Crippen LogP contribution in [0.15, 0.2) is 12.4 Å². The Bertz CT molecular complexity index is 185. The van der Waals surface area contributed by atoms with Gasteiger partial charge in [0.05, 0.1) is 0 Å². The highest BCUT2D eigenvalue weighted by atomic mass is 35.5. The molecule has 4 heteroatoms. The van der Waals surface area contributed by atoms with Crippen LogP contribution in [0.4, 0.5) is 0 Å². The number of aromatic nitrogens is 2. The smallest absolute Gasteiger partial charge is 0.125 e. The monoisotopic (exact) mass is 159 g/mol. The zero-order valence-electron chi connectivity index (χ0n) is 5.74. The summed E-state index contributed by atoms with van der Waals surface area (Å²) in [5.74, 6) is 0.784. The first-order valence-electron chi connectivity index (χ1n) is 2.80. The summed E-state index contributed by atoms with van der Waals surface area (Å²) in [7, 11) is 0. The van der Waals surface area contributed by atoms with E-state index in [9.17, 15) is 0 Å². The molecule has 10 heavy (non-hydrogen) atoms. The summed E-state index contributed by atoms with van der Waals surface area (Å²) in [6.45, 7) is 2.36. The Morgan fingerprint density at radius 2 is 1.90 bits per heavy atom. The van der Waals surface area contributed by atoms with Gasteiger partial charge in [0.25, 0.3) is 0 Å². The molecule has 0 bridgehead atoms. The summed E-state index contributed by atoms with van der Waals surface area (Å²) in [6, 6.07) is 0. The molecule has 0 spiro atoms. The number of aryl methyl sites for hydroxylation is 1. The number of rotatable bonds is 1. The largest absolute Gasteiger partial charge is 0.326 e. The van der Waals surface area contributed by atoms with Gasteiger partial charge in [-0.1, -0.05) is 0 Å². The van der Waals surface area contributed by atoms with E-state index in [1.165, 1.54) is 0 Å². The van der Waals surface area contributed by atoms with Crippen LogP contribution in [0.3, 0.4) is 0 Å². The van der Waals surface area contributed by atoms with E-state index in [0.717, 1.165) is 11.4 Å². The Kier molecular flexibility index (Phi) is 3.91. The van der Waals surface area contributed by atoms with Crippen LogP contribution >= 0.6 is 12.4 Å². The number of hydrogen-bond donors (Lipinski definition) is 1. The minimum Gasteiger partial charge on any atom is -0.326 e. The maximum atomic E-state index is 5.32. The number of nitrogens with two attached hydrogens (primary N) is 1. The van der Waals surface area contributed by atoms with E-state index in [1.54, 1.807) is 12.4 Å². The first-order chi connectivity index (χ1) is 4.33. The number of hydrogen-bond acceptors (Lipinski definition) is 3. The molecule has 0 unspecified atom stereocenters. The molecule has 0 aromatic carbocycles. The van der Waals surface area contributed by atoms with Gasteiger partial charge in [0, 0.05) is 24.5 Å². The topological polar surface area (TPSA) is 51.8 Å². The van der Waals surface area contributed by atoms with Crippen molar-refractivity contribution >= 4 is 12.4 Å². The van der Waals surface area contributed by atoms with Crippen molar-refractivity contribution in [2.75, 3.05) is 0 Å². The molecule has 0 saturated carbocycles. The number of nitrogens with zero attached hydrogens (tertiary/aromatic N) is 2. The molecule has 0 amide bonds. The van der Waals surface area contributed by atoms with E-state index in [0.29, 0.717) is 6.54 Å². The second kappa shape index (κ2) is 4.19. The molecule has 56 valence electrons. The lowest BCUT2D eigenvalue weighted by Gasteiger charge is -1.92. The van der Waals surface area contributed by atoms with Gasteiger partial charge in [0.1, 0.15) is 5.82 Å². The van der Waals surface area contributed by atoms with E-state index >= 15 is 0 Å². The molecule has 0 aliphatic rings. The van der Waals surface area contributed by atoms with Crippen LogP contribution in [0.25, 0.3) is 0 Å². The van der Waals surface area contributed by atoms with Crippen LogP contribution in [-0.2, 0) is 6.54 Å². The average molecular weight is 160 g/mol. The molecule has 1 rings (SSSR count). The van der Waals surface area contributed by atoms with Crippen molar-refractivity contribution in [3.63, 3.8) is 0 Å². The SMILES string of the molecule is Cc1ncc(CN)cn1.Cl. The molecule has 1 heterocycles. The van der Waals surface area contributed by atoms with Crippen LogP contribution in [0.2, 0.25) is 0 Å². The summed E-state index contributed by atoms with van der Waals surface area (Å²) in [5, 5.41) is 0. The Hall–Kier alpha value is -0.670. The average Bonchev–Trinajstić information content (AvgIpc) is 1.90. The lowest BCUT2D eigenvalue weighted by atomic mass is 10.3. The van der Waals surface area contributed by atoms with Gasteiger partial charge in [-0.3, -0.25) is 0 Å². The molecule has 3 nitrogen and oxygen atoms in total. The quantitative estimate of drug-likeness (QED) is 0.655. The molecule has 1 aromatic rings. The van der Waals surface area contributed by atoms with Gasteiger partial charge >= 0.3 is 0 Å². The zero-order valence-corrected chi connectivity index (χ0v) is 6.56. The van der Waals surface area contributed by atoms with Crippen molar-refractivity contribution in [1.29, 1.82) is 0 Å². The van der Waals surface area contributed by atoms with Gasteiger partial charge in [-0.05, 0) is 6.92 Å². The van der Waals surface area contributed by atoms with Gasteiger partial charge in [-0.2, -0.15) is 0 Å². The molecular weight excluding hydrogens is 150 g/mol. The minimum atomic E-state index is 0. The van der Waals surface area contributed by atoms with Crippen molar-refractivity contribution < 1.29 is 0 Å². The Labute approximate surface area is 66.1 Å². The maximum Gasteiger partial charge on any atom is 0.125 e. The second-order valence-electron chi connectivity index (χ2n) is 1.84. The van der Waals surface area contributed by atoms with Gasteiger partial charge < -0.3 is 5.73 Å². The minimum absolute atomic E-state index is 0. The van der Waals surface area contributed by atoms with Crippen molar-refractivity contribution in [3.8, 4) is 0 Å². The Morgan fingerprint density at radius 1 is 1.40 bits per heavy atom. The first kappa shape index (κ1) is 9.33. The van der Waals surface area contributed by atoms with Crippen molar-refractivity contribution in [1.82, 2.24) is 9.97 Å². The van der Waals surface area contributed by atoms with Crippen LogP contribution in [0, 0.1) is 6.92 Å². The zero-order chi connectivity index (χ0) is 6.69. The highest BCUT2D eigenvalue weighted by Gasteiger charge is 1.87. The van der Waals surface area contributed by atoms with Crippen molar-refractivity contribution in [2.45, 2.75) is 13.5 Å². The summed E-state index contributed by atoms with van der Waals surface area (Å²) >= 11 is 0. The lowest BCUT2D eigenvalue weighted by Crippen LogP contribution is -1.98. The standard InChI is InChI=1S/C6H9N3.ClH/c1-5-8-3-6(2-7)4-9-5;/h3-4H,2,7H2,1H3;1H. The number of halogens is 1. The fourth-order valence-electron chi connectivity index (χ4n) is 0.525. The Morgan fingerprint density at radius 3 is 2.30 bits per heavy atom. The van der Waals surface area contributed by atoms with Crippen molar-refractivity contribution in [2.24, 2.45) is 5.73 Å². The fourth-order valence-corrected chi connectivity index (χ4v) is 0.525. The fraction of sp³-hybridized carbons (Fsp3) is 0.333. The van der Waals surface area contributed by atoms with Gasteiger partial charge in [-0.15, -0.1) is 12.4 Å².